The minimum atomic E-state index is -0.796. The Morgan fingerprint density at radius 1 is 0.900 bits per heavy atom. The minimum Gasteiger partial charge on any atom is -0.448 e. The Labute approximate surface area is 176 Å². The molecular formula is C24H26N2O4. The number of cyclic esters (lactones) is 1. The summed E-state index contributed by atoms with van der Waals surface area (Å²) in [6.45, 7) is 5.68. The molecule has 2 aliphatic rings. The predicted octanol–water partition coefficient (Wildman–Crippen LogP) is 2.42. The zero-order valence-corrected chi connectivity index (χ0v) is 17.3. The van der Waals surface area contributed by atoms with Crippen LogP contribution < -0.4 is 0 Å². The van der Waals surface area contributed by atoms with Crippen LogP contribution in [0.5, 0.6) is 0 Å². The molecule has 2 aliphatic heterocycles. The highest BCUT2D eigenvalue weighted by Gasteiger charge is 2.38. The standard InChI is InChI=1S/C24H26N2O4/c1-24(2,18-9-4-3-5-10-18)23(29)26-14-12-25(13-15-26)21(27)20-16-17-8-6-7-11-19(17)22(28)30-20/h3-11,20H,12-16H2,1-2H3. The van der Waals surface area contributed by atoms with Crippen molar-refractivity contribution in [2.75, 3.05) is 26.2 Å². The van der Waals surface area contributed by atoms with Gasteiger partial charge in [-0.2, -0.15) is 0 Å². The topological polar surface area (TPSA) is 66.9 Å². The summed E-state index contributed by atoms with van der Waals surface area (Å²) in [7, 11) is 0. The molecule has 2 amide bonds. The maximum absolute atomic E-state index is 13.1. The second kappa shape index (κ2) is 7.94. The van der Waals surface area contributed by atoms with Gasteiger partial charge in [-0.15, -0.1) is 0 Å². The van der Waals surface area contributed by atoms with Gasteiger partial charge < -0.3 is 14.5 Å². The van der Waals surface area contributed by atoms with Crippen molar-refractivity contribution in [2.24, 2.45) is 0 Å². The highest BCUT2D eigenvalue weighted by atomic mass is 16.5. The van der Waals surface area contributed by atoms with Crippen molar-refractivity contribution in [1.82, 2.24) is 9.80 Å². The van der Waals surface area contributed by atoms with Crippen LogP contribution in [-0.2, 0) is 26.2 Å². The lowest BCUT2D eigenvalue weighted by Crippen LogP contribution is -2.56. The van der Waals surface area contributed by atoms with E-state index in [-0.39, 0.29) is 11.8 Å². The molecule has 1 saturated heterocycles. The number of carbonyl (C=O) groups is 3. The Morgan fingerprint density at radius 3 is 2.20 bits per heavy atom. The van der Waals surface area contributed by atoms with Crippen molar-refractivity contribution < 1.29 is 19.1 Å². The van der Waals surface area contributed by atoms with Crippen molar-refractivity contribution in [3.8, 4) is 0 Å². The lowest BCUT2D eigenvalue weighted by atomic mass is 9.83. The van der Waals surface area contributed by atoms with Crippen molar-refractivity contribution >= 4 is 17.8 Å². The number of hydrogen-bond donors (Lipinski definition) is 0. The van der Waals surface area contributed by atoms with E-state index < -0.39 is 17.5 Å². The summed E-state index contributed by atoms with van der Waals surface area (Å²) in [4.78, 5) is 41.8. The molecule has 1 atom stereocenters. The molecule has 2 aromatic carbocycles. The van der Waals surface area contributed by atoms with E-state index >= 15 is 0 Å². The van der Waals surface area contributed by atoms with Crippen molar-refractivity contribution in [3.05, 3.63) is 71.3 Å². The Morgan fingerprint density at radius 2 is 1.50 bits per heavy atom. The summed E-state index contributed by atoms with van der Waals surface area (Å²) in [6, 6.07) is 17.0. The number of hydrogen-bond acceptors (Lipinski definition) is 4. The van der Waals surface area contributed by atoms with Crippen molar-refractivity contribution in [1.29, 1.82) is 0 Å². The first-order chi connectivity index (χ1) is 14.4. The van der Waals surface area contributed by atoms with E-state index in [2.05, 4.69) is 0 Å². The molecule has 4 rings (SSSR count). The summed E-state index contributed by atoms with van der Waals surface area (Å²) in [5, 5.41) is 0. The molecule has 0 bridgehead atoms. The van der Waals surface area contributed by atoms with Crippen LogP contribution in [-0.4, -0.2) is 59.9 Å². The van der Waals surface area contributed by atoms with Crippen LogP contribution in [0.25, 0.3) is 0 Å². The van der Waals surface area contributed by atoms with Gasteiger partial charge in [-0.05, 0) is 31.0 Å². The van der Waals surface area contributed by atoms with Gasteiger partial charge in [-0.3, -0.25) is 9.59 Å². The molecule has 156 valence electrons. The Balaban J connectivity index is 1.38. The minimum absolute atomic E-state index is 0.0545. The number of rotatable bonds is 3. The monoisotopic (exact) mass is 406 g/mol. The van der Waals surface area contributed by atoms with Gasteiger partial charge in [0.2, 0.25) is 5.91 Å². The molecule has 0 radical (unpaired) electrons. The Kier molecular flexibility index (Phi) is 5.33. The molecule has 0 spiro atoms. The first kappa shape index (κ1) is 20.1. The second-order valence-corrected chi connectivity index (χ2v) is 8.36. The third kappa shape index (κ3) is 3.70. The highest BCUT2D eigenvalue weighted by Crippen LogP contribution is 2.27. The van der Waals surface area contributed by atoms with Crippen LogP contribution in [0, 0.1) is 0 Å². The van der Waals surface area contributed by atoms with Gasteiger partial charge in [0, 0.05) is 32.6 Å². The van der Waals surface area contributed by atoms with Crippen LogP contribution in [0.3, 0.4) is 0 Å². The molecule has 30 heavy (non-hydrogen) atoms. The van der Waals surface area contributed by atoms with Gasteiger partial charge in [-0.25, -0.2) is 4.79 Å². The Hall–Kier alpha value is -3.15. The highest BCUT2D eigenvalue weighted by molar-refractivity contribution is 5.96. The first-order valence-electron chi connectivity index (χ1n) is 10.3. The molecule has 1 fully saturated rings. The third-order valence-corrected chi connectivity index (χ3v) is 6.08. The molecule has 1 unspecified atom stereocenters. The van der Waals surface area contributed by atoms with E-state index in [4.69, 9.17) is 4.74 Å². The lowest BCUT2D eigenvalue weighted by molar-refractivity contribution is -0.147. The molecule has 0 aliphatic carbocycles. The van der Waals surface area contributed by atoms with Crippen LogP contribution in [0.1, 0.15) is 35.3 Å². The molecule has 2 heterocycles. The number of piperazine rings is 1. The summed E-state index contributed by atoms with van der Waals surface area (Å²) in [5.41, 5.74) is 1.71. The van der Waals surface area contributed by atoms with Gasteiger partial charge in [0.05, 0.1) is 11.0 Å². The number of carbonyl (C=O) groups excluding carboxylic acids is 3. The average molecular weight is 406 g/mol. The molecule has 6 heteroatoms. The number of fused-ring (bicyclic) bond motifs is 1. The van der Waals surface area contributed by atoms with E-state index in [1.54, 1.807) is 17.0 Å². The molecule has 0 aromatic heterocycles. The summed E-state index contributed by atoms with van der Waals surface area (Å²) < 4.78 is 5.40. The van der Waals surface area contributed by atoms with Crippen molar-refractivity contribution in [2.45, 2.75) is 31.8 Å². The first-order valence-corrected chi connectivity index (χ1v) is 10.3. The van der Waals surface area contributed by atoms with Gasteiger partial charge in [-0.1, -0.05) is 48.5 Å². The van der Waals surface area contributed by atoms with Crippen LogP contribution >= 0.6 is 0 Å². The number of amides is 2. The van der Waals surface area contributed by atoms with Crippen LogP contribution in [0.4, 0.5) is 0 Å². The van der Waals surface area contributed by atoms with E-state index in [1.807, 2.05) is 61.2 Å². The fraction of sp³-hybridized carbons (Fsp3) is 0.375. The fourth-order valence-corrected chi connectivity index (χ4v) is 4.18. The number of benzene rings is 2. The average Bonchev–Trinajstić information content (AvgIpc) is 2.78. The van der Waals surface area contributed by atoms with Gasteiger partial charge in [0.25, 0.3) is 5.91 Å². The van der Waals surface area contributed by atoms with Gasteiger partial charge in [0.15, 0.2) is 6.10 Å². The van der Waals surface area contributed by atoms with Crippen LogP contribution in [0.15, 0.2) is 54.6 Å². The molecule has 2 aromatic rings. The Bertz CT molecular complexity index is 962. The second-order valence-electron chi connectivity index (χ2n) is 8.36. The number of nitrogens with zero attached hydrogens (tertiary/aromatic N) is 2. The summed E-state index contributed by atoms with van der Waals surface area (Å²) in [6.07, 6.45) is -0.406. The lowest BCUT2D eigenvalue weighted by Gasteiger charge is -2.40. The zero-order chi connectivity index (χ0) is 21.3. The molecule has 0 saturated carbocycles. The van der Waals surface area contributed by atoms with Gasteiger partial charge >= 0.3 is 5.97 Å². The molecule has 6 nitrogen and oxygen atoms in total. The van der Waals surface area contributed by atoms with E-state index in [0.29, 0.717) is 38.2 Å². The predicted molar refractivity (Wildman–Crippen MR) is 112 cm³/mol. The SMILES string of the molecule is CC(C)(C(=O)N1CCN(C(=O)C2Cc3ccccc3C(=O)O2)CC1)c1ccccc1. The van der Waals surface area contributed by atoms with Crippen LogP contribution in [0.2, 0.25) is 0 Å². The van der Waals surface area contributed by atoms with E-state index in [9.17, 15) is 14.4 Å². The van der Waals surface area contributed by atoms with Crippen molar-refractivity contribution in [3.63, 3.8) is 0 Å². The number of esters is 1. The van der Waals surface area contributed by atoms with Gasteiger partial charge in [0.1, 0.15) is 0 Å². The summed E-state index contributed by atoms with van der Waals surface area (Å²) in [5.74, 6) is -0.584. The third-order valence-electron chi connectivity index (χ3n) is 6.08. The summed E-state index contributed by atoms with van der Waals surface area (Å²) >= 11 is 0. The van der Waals surface area contributed by atoms with E-state index in [1.165, 1.54) is 0 Å². The maximum atomic E-state index is 13.1. The molecular weight excluding hydrogens is 380 g/mol. The largest absolute Gasteiger partial charge is 0.448 e. The zero-order valence-electron chi connectivity index (χ0n) is 17.3. The quantitative estimate of drug-likeness (QED) is 0.735. The molecule has 0 N–H and O–H groups in total. The number of ether oxygens (including phenoxy) is 1. The van der Waals surface area contributed by atoms with E-state index in [0.717, 1.165) is 11.1 Å². The maximum Gasteiger partial charge on any atom is 0.339 e. The fourth-order valence-electron chi connectivity index (χ4n) is 4.18. The smallest absolute Gasteiger partial charge is 0.339 e. The normalized spacial score (nSPS) is 19.1.